The van der Waals surface area contributed by atoms with Crippen LogP contribution in [0.3, 0.4) is 0 Å². The lowest BCUT2D eigenvalue weighted by molar-refractivity contribution is -0.0195. The van der Waals surface area contributed by atoms with Crippen molar-refractivity contribution >= 4 is 16.9 Å². The molecule has 2 heterocycles. The highest BCUT2D eigenvalue weighted by atomic mass is 16.5. The lowest BCUT2D eigenvalue weighted by Gasteiger charge is -2.23. The number of fused-ring (bicyclic) bond motifs is 1. The number of aromatic nitrogens is 3. The first-order valence-electron chi connectivity index (χ1n) is 8.76. The second kappa shape index (κ2) is 7.85. The minimum Gasteiger partial charge on any atom is -0.389 e. The fourth-order valence-electron chi connectivity index (χ4n) is 3.30. The zero-order valence-corrected chi connectivity index (χ0v) is 14.5. The SMILES string of the molecule is Cc1cc(C)c2c(NCC(O)COC3CCCCC3)ncnc2n1. The molecular formula is C18H26N4O2. The lowest BCUT2D eigenvalue weighted by Crippen LogP contribution is -2.29. The molecule has 2 aromatic rings. The fourth-order valence-corrected chi connectivity index (χ4v) is 3.30. The van der Waals surface area contributed by atoms with E-state index in [-0.39, 0.29) is 0 Å². The summed E-state index contributed by atoms with van der Waals surface area (Å²) in [5.41, 5.74) is 2.69. The summed E-state index contributed by atoms with van der Waals surface area (Å²) < 4.78 is 5.82. The molecule has 2 aromatic heterocycles. The lowest BCUT2D eigenvalue weighted by atomic mass is 9.98. The predicted octanol–water partition coefficient (Wildman–Crippen LogP) is 2.76. The number of aliphatic hydroxyl groups excluding tert-OH is 1. The Hall–Kier alpha value is -1.79. The largest absolute Gasteiger partial charge is 0.389 e. The third-order valence-electron chi connectivity index (χ3n) is 4.51. The van der Waals surface area contributed by atoms with Crippen LogP contribution in [0.1, 0.15) is 43.4 Å². The Labute approximate surface area is 142 Å². The first-order valence-corrected chi connectivity index (χ1v) is 8.76. The first-order chi connectivity index (χ1) is 11.6. The molecule has 3 rings (SSSR count). The summed E-state index contributed by atoms with van der Waals surface area (Å²) in [5.74, 6) is 0.710. The molecule has 1 unspecified atom stereocenters. The van der Waals surface area contributed by atoms with E-state index in [9.17, 15) is 5.11 Å². The van der Waals surface area contributed by atoms with Gasteiger partial charge in [-0.05, 0) is 38.3 Å². The van der Waals surface area contributed by atoms with Gasteiger partial charge >= 0.3 is 0 Å². The third kappa shape index (κ3) is 4.19. The molecular weight excluding hydrogens is 304 g/mol. The maximum atomic E-state index is 10.2. The number of nitrogens with zero attached hydrogens (tertiary/aromatic N) is 3. The van der Waals surface area contributed by atoms with Crippen molar-refractivity contribution in [3.8, 4) is 0 Å². The van der Waals surface area contributed by atoms with Crippen molar-refractivity contribution in [3.63, 3.8) is 0 Å². The predicted molar refractivity (Wildman–Crippen MR) is 94.1 cm³/mol. The quantitative estimate of drug-likeness (QED) is 0.848. The summed E-state index contributed by atoms with van der Waals surface area (Å²) in [5, 5.41) is 14.3. The van der Waals surface area contributed by atoms with Gasteiger partial charge in [0.1, 0.15) is 12.1 Å². The monoisotopic (exact) mass is 330 g/mol. The van der Waals surface area contributed by atoms with Gasteiger partial charge in [-0.15, -0.1) is 0 Å². The van der Waals surface area contributed by atoms with Crippen LogP contribution in [0.15, 0.2) is 12.4 Å². The Kier molecular flexibility index (Phi) is 5.58. The van der Waals surface area contributed by atoms with Crippen LogP contribution >= 0.6 is 0 Å². The summed E-state index contributed by atoms with van der Waals surface area (Å²) in [7, 11) is 0. The molecule has 1 aliphatic rings. The fraction of sp³-hybridized carbons (Fsp3) is 0.611. The van der Waals surface area contributed by atoms with Gasteiger partial charge < -0.3 is 15.2 Å². The number of aliphatic hydroxyl groups is 1. The minimum atomic E-state index is -0.560. The third-order valence-corrected chi connectivity index (χ3v) is 4.51. The summed E-state index contributed by atoms with van der Waals surface area (Å²) in [6, 6.07) is 2.01. The van der Waals surface area contributed by atoms with E-state index < -0.39 is 6.10 Å². The van der Waals surface area contributed by atoms with Gasteiger partial charge in [0.05, 0.1) is 24.2 Å². The highest BCUT2D eigenvalue weighted by Crippen LogP contribution is 2.23. The van der Waals surface area contributed by atoms with Gasteiger partial charge in [-0.3, -0.25) is 0 Å². The number of hydrogen-bond acceptors (Lipinski definition) is 6. The van der Waals surface area contributed by atoms with E-state index in [4.69, 9.17) is 4.74 Å². The second-order valence-electron chi connectivity index (χ2n) is 6.63. The molecule has 6 nitrogen and oxygen atoms in total. The Morgan fingerprint density at radius 2 is 2.04 bits per heavy atom. The summed E-state index contributed by atoms with van der Waals surface area (Å²) in [6.07, 6.45) is 7.24. The Morgan fingerprint density at radius 3 is 2.83 bits per heavy atom. The molecule has 1 atom stereocenters. The van der Waals surface area contributed by atoms with E-state index in [1.165, 1.54) is 25.6 Å². The molecule has 2 N–H and O–H groups in total. The summed E-state index contributed by atoms with van der Waals surface area (Å²) >= 11 is 0. The van der Waals surface area contributed by atoms with E-state index in [0.29, 0.717) is 30.7 Å². The number of aryl methyl sites for hydroxylation is 2. The minimum absolute atomic E-state index is 0.308. The van der Waals surface area contributed by atoms with Gasteiger partial charge in [-0.25, -0.2) is 15.0 Å². The van der Waals surface area contributed by atoms with Crippen molar-refractivity contribution in [3.05, 3.63) is 23.7 Å². The van der Waals surface area contributed by atoms with Crippen LogP contribution in [0.25, 0.3) is 11.0 Å². The number of hydrogen-bond donors (Lipinski definition) is 2. The molecule has 1 aliphatic carbocycles. The smallest absolute Gasteiger partial charge is 0.165 e. The molecule has 0 radical (unpaired) electrons. The van der Waals surface area contributed by atoms with Crippen LogP contribution in [-0.2, 0) is 4.74 Å². The van der Waals surface area contributed by atoms with Gasteiger partial charge in [0.2, 0.25) is 0 Å². The van der Waals surface area contributed by atoms with Crippen molar-refractivity contribution in [2.45, 2.75) is 58.2 Å². The van der Waals surface area contributed by atoms with Gasteiger partial charge in [0.15, 0.2) is 5.65 Å². The topological polar surface area (TPSA) is 80.2 Å². The normalized spacial score (nSPS) is 17.1. The zero-order valence-electron chi connectivity index (χ0n) is 14.5. The molecule has 0 saturated heterocycles. The number of nitrogens with one attached hydrogen (secondary N) is 1. The highest BCUT2D eigenvalue weighted by Gasteiger charge is 2.16. The summed E-state index contributed by atoms with van der Waals surface area (Å²) in [4.78, 5) is 13.0. The molecule has 0 amide bonds. The van der Waals surface area contributed by atoms with E-state index in [0.717, 1.165) is 29.5 Å². The van der Waals surface area contributed by atoms with Crippen molar-refractivity contribution in [2.24, 2.45) is 0 Å². The van der Waals surface area contributed by atoms with Gasteiger partial charge in [-0.2, -0.15) is 0 Å². The van der Waals surface area contributed by atoms with Crippen LogP contribution in [-0.4, -0.2) is 45.4 Å². The number of rotatable bonds is 6. The van der Waals surface area contributed by atoms with Crippen LogP contribution in [0.2, 0.25) is 0 Å². The average Bonchev–Trinajstić information content (AvgIpc) is 2.58. The number of pyridine rings is 1. The van der Waals surface area contributed by atoms with Gasteiger partial charge in [0.25, 0.3) is 0 Å². The number of anilines is 1. The zero-order chi connectivity index (χ0) is 16.9. The molecule has 130 valence electrons. The maximum Gasteiger partial charge on any atom is 0.165 e. The van der Waals surface area contributed by atoms with Crippen LogP contribution in [0.5, 0.6) is 0 Å². The average molecular weight is 330 g/mol. The molecule has 1 fully saturated rings. The van der Waals surface area contributed by atoms with E-state index in [1.54, 1.807) is 0 Å². The highest BCUT2D eigenvalue weighted by molar-refractivity contribution is 5.89. The van der Waals surface area contributed by atoms with Crippen molar-refractivity contribution in [1.82, 2.24) is 15.0 Å². The molecule has 6 heteroatoms. The van der Waals surface area contributed by atoms with E-state index in [2.05, 4.69) is 20.3 Å². The Bertz CT molecular complexity index is 686. The van der Waals surface area contributed by atoms with Crippen LogP contribution < -0.4 is 5.32 Å². The molecule has 0 aromatic carbocycles. The molecule has 0 bridgehead atoms. The van der Waals surface area contributed by atoms with Crippen molar-refractivity contribution in [2.75, 3.05) is 18.5 Å². The summed E-state index contributed by atoms with van der Waals surface area (Å²) in [6.45, 7) is 4.73. The molecule has 0 aliphatic heterocycles. The molecule has 1 saturated carbocycles. The maximum absolute atomic E-state index is 10.2. The van der Waals surface area contributed by atoms with Crippen molar-refractivity contribution in [1.29, 1.82) is 0 Å². The standard InChI is InChI=1S/C18H26N4O2/c1-12-8-13(2)22-18-16(12)17(20-11-21-18)19-9-14(23)10-24-15-6-4-3-5-7-15/h8,11,14-15,23H,3-7,9-10H2,1-2H3,(H,19,20,21,22). The first kappa shape index (κ1) is 17.0. The number of ether oxygens (including phenoxy) is 1. The Balaban J connectivity index is 1.59. The van der Waals surface area contributed by atoms with Gasteiger partial charge in [0, 0.05) is 12.2 Å². The van der Waals surface area contributed by atoms with Crippen LogP contribution in [0.4, 0.5) is 5.82 Å². The second-order valence-corrected chi connectivity index (χ2v) is 6.63. The van der Waals surface area contributed by atoms with E-state index >= 15 is 0 Å². The van der Waals surface area contributed by atoms with Gasteiger partial charge in [-0.1, -0.05) is 19.3 Å². The van der Waals surface area contributed by atoms with Crippen LogP contribution in [0, 0.1) is 13.8 Å². The Morgan fingerprint density at radius 1 is 1.25 bits per heavy atom. The molecule has 24 heavy (non-hydrogen) atoms. The van der Waals surface area contributed by atoms with E-state index in [1.807, 2.05) is 19.9 Å². The molecule has 0 spiro atoms. The van der Waals surface area contributed by atoms with Crippen molar-refractivity contribution < 1.29 is 9.84 Å².